The van der Waals surface area contributed by atoms with E-state index < -0.39 is 0 Å². The number of rotatable bonds is 2. The van der Waals surface area contributed by atoms with Gasteiger partial charge in [-0.3, -0.25) is 4.98 Å². The highest BCUT2D eigenvalue weighted by Crippen LogP contribution is 2.30. The van der Waals surface area contributed by atoms with E-state index in [9.17, 15) is 5.26 Å². The highest BCUT2D eigenvalue weighted by atomic mass is 79.9. The summed E-state index contributed by atoms with van der Waals surface area (Å²) in [6, 6.07) is 7.97. The second kappa shape index (κ2) is 5.51. The topological polar surface area (TPSA) is 49.6 Å². The predicted molar refractivity (Wildman–Crippen MR) is 74.5 cm³/mol. The van der Waals surface area contributed by atoms with E-state index >= 15 is 0 Å². The Morgan fingerprint density at radius 1 is 1.33 bits per heavy atom. The highest BCUT2D eigenvalue weighted by molar-refractivity contribution is 9.10. The van der Waals surface area contributed by atoms with Crippen LogP contribution < -0.4 is 0 Å². The van der Waals surface area contributed by atoms with Gasteiger partial charge in [0.25, 0.3) is 0 Å². The lowest BCUT2D eigenvalue weighted by Gasteiger charge is -2.07. The van der Waals surface area contributed by atoms with Crippen LogP contribution in [0.15, 0.2) is 38.8 Å². The molecule has 3 nitrogen and oxygen atoms in total. The molecule has 2 heterocycles. The number of nitriles is 1. The third kappa shape index (κ3) is 2.89. The molecule has 0 aliphatic carbocycles. The van der Waals surface area contributed by atoms with E-state index in [1.54, 1.807) is 6.20 Å². The predicted octanol–water partition coefficient (Wildman–Crippen LogP) is 3.88. The van der Waals surface area contributed by atoms with E-state index in [1.807, 2.05) is 32.0 Å². The zero-order valence-electron chi connectivity index (χ0n) is 9.94. The van der Waals surface area contributed by atoms with E-state index in [4.69, 9.17) is 0 Å². The summed E-state index contributed by atoms with van der Waals surface area (Å²) in [5, 5.41) is 10.0. The van der Waals surface area contributed by atoms with Crippen molar-refractivity contribution in [2.24, 2.45) is 0 Å². The van der Waals surface area contributed by atoms with Crippen molar-refractivity contribution in [3.63, 3.8) is 0 Å². The van der Waals surface area contributed by atoms with Gasteiger partial charge in [-0.2, -0.15) is 5.26 Å². The van der Waals surface area contributed by atoms with Gasteiger partial charge in [-0.15, -0.1) is 0 Å². The number of pyridine rings is 2. The fraction of sp³-hybridized carbons (Fsp3) is 0.154. The van der Waals surface area contributed by atoms with E-state index in [0.29, 0.717) is 5.56 Å². The van der Waals surface area contributed by atoms with Gasteiger partial charge in [0.15, 0.2) is 0 Å². The van der Waals surface area contributed by atoms with Crippen molar-refractivity contribution in [1.29, 1.82) is 5.26 Å². The van der Waals surface area contributed by atoms with Crippen LogP contribution in [0.5, 0.6) is 0 Å². The molecular formula is C13H10BrN3S. The summed E-state index contributed by atoms with van der Waals surface area (Å²) in [6.07, 6.45) is 1.75. The fourth-order valence-electron chi connectivity index (χ4n) is 1.54. The molecule has 0 aromatic carbocycles. The summed E-state index contributed by atoms with van der Waals surface area (Å²) >= 11 is 4.83. The molecule has 0 spiro atoms. The van der Waals surface area contributed by atoms with E-state index in [0.717, 1.165) is 25.8 Å². The number of nitrogens with zero attached hydrogens (tertiary/aromatic N) is 3. The van der Waals surface area contributed by atoms with Crippen molar-refractivity contribution in [2.75, 3.05) is 0 Å². The largest absolute Gasteiger partial charge is 0.257 e. The molecular weight excluding hydrogens is 310 g/mol. The number of aromatic nitrogens is 2. The average Bonchev–Trinajstić information content (AvgIpc) is 2.32. The van der Waals surface area contributed by atoms with E-state index in [2.05, 4.69) is 32.0 Å². The Morgan fingerprint density at radius 2 is 2.11 bits per heavy atom. The van der Waals surface area contributed by atoms with Crippen LogP contribution in [-0.2, 0) is 0 Å². The van der Waals surface area contributed by atoms with Crippen molar-refractivity contribution in [3.8, 4) is 6.07 Å². The molecule has 5 heteroatoms. The lowest BCUT2D eigenvalue weighted by atomic mass is 10.2. The second-order valence-corrected chi connectivity index (χ2v) is 5.73. The van der Waals surface area contributed by atoms with Crippen LogP contribution >= 0.6 is 27.7 Å². The summed E-state index contributed by atoms with van der Waals surface area (Å²) in [7, 11) is 0. The lowest BCUT2D eigenvalue weighted by molar-refractivity contribution is 1.06. The van der Waals surface area contributed by atoms with E-state index in [-0.39, 0.29) is 0 Å². The first-order valence-electron chi connectivity index (χ1n) is 5.28. The molecule has 18 heavy (non-hydrogen) atoms. The molecule has 2 aromatic heterocycles. The molecule has 90 valence electrons. The van der Waals surface area contributed by atoms with Gasteiger partial charge in [-0.05, 0) is 48.0 Å². The Bertz CT molecular complexity index is 617. The molecule has 0 saturated carbocycles. The summed E-state index contributed by atoms with van der Waals surface area (Å²) < 4.78 is 0.939. The van der Waals surface area contributed by atoms with Gasteiger partial charge in [0.05, 0.1) is 11.3 Å². The maximum Gasteiger partial charge on any atom is 0.102 e. The smallest absolute Gasteiger partial charge is 0.102 e. The molecule has 0 amide bonds. The van der Waals surface area contributed by atoms with Gasteiger partial charge in [0.2, 0.25) is 0 Å². The maximum absolute atomic E-state index is 9.18. The van der Waals surface area contributed by atoms with Crippen molar-refractivity contribution >= 4 is 27.7 Å². The third-order valence-electron chi connectivity index (χ3n) is 2.32. The average molecular weight is 320 g/mol. The molecule has 0 fully saturated rings. The monoisotopic (exact) mass is 319 g/mol. The molecule has 2 aromatic rings. The van der Waals surface area contributed by atoms with Crippen LogP contribution in [0, 0.1) is 25.2 Å². The normalized spacial score (nSPS) is 10.1. The first kappa shape index (κ1) is 13.1. The molecule has 0 bridgehead atoms. The van der Waals surface area contributed by atoms with Gasteiger partial charge in [0.1, 0.15) is 11.1 Å². The Morgan fingerprint density at radius 3 is 2.72 bits per heavy atom. The Kier molecular flexibility index (Phi) is 4.00. The molecule has 0 N–H and O–H groups in total. The molecule has 2 rings (SSSR count). The van der Waals surface area contributed by atoms with Gasteiger partial charge < -0.3 is 0 Å². The van der Waals surface area contributed by atoms with Crippen molar-refractivity contribution in [1.82, 2.24) is 9.97 Å². The minimum atomic E-state index is 0.621. The van der Waals surface area contributed by atoms with Gasteiger partial charge in [-0.1, -0.05) is 11.8 Å². The number of aryl methyl sites for hydroxylation is 2. The molecule has 0 radical (unpaired) electrons. The lowest BCUT2D eigenvalue weighted by Crippen LogP contribution is -1.94. The number of halogens is 1. The van der Waals surface area contributed by atoms with Crippen LogP contribution in [0.4, 0.5) is 0 Å². The van der Waals surface area contributed by atoms with Crippen molar-refractivity contribution in [2.45, 2.75) is 23.8 Å². The molecule has 0 unspecified atom stereocenters. The summed E-state index contributed by atoms with van der Waals surface area (Å²) in [4.78, 5) is 9.49. The van der Waals surface area contributed by atoms with Gasteiger partial charge in [0, 0.05) is 21.3 Å². The minimum absolute atomic E-state index is 0.621. The van der Waals surface area contributed by atoms with Crippen LogP contribution in [0.2, 0.25) is 0 Å². The number of hydrogen-bond donors (Lipinski definition) is 0. The van der Waals surface area contributed by atoms with Gasteiger partial charge >= 0.3 is 0 Å². The van der Waals surface area contributed by atoms with Gasteiger partial charge in [-0.25, -0.2) is 4.98 Å². The molecule has 0 aliphatic heterocycles. The van der Waals surface area contributed by atoms with Crippen LogP contribution in [-0.4, -0.2) is 9.97 Å². The second-order valence-electron chi connectivity index (χ2n) is 3.75. The Labute approximate surface area is 118 Å². The standard InChI is InChI=1S/C13H10BrN3S/c1-8-5-12(11(6-15)9(2)17-8)18-13-4-3-10(14)7-16-13/h3-5,7H,1-2H3. The van der Waals surface area contributed by atoms with Crippen molar-refractivity contribution < 1.29 is 0 Å². The zero-order valence-corrected chi connectivity index (χ0v) is 12.3. The third-order valence-corrected chi connectivity index (χ3v) is 3.78. The van der Waals surface area contributed by atoms with E-state index in [1.165, 1.54) is 11.8 Å². The summed E-state index contributed by atoms with van der Waals surface area (Å²) in [5.41, 5.74) is 2.29. The SMILES string of the molecule is Cc1cc(Sc2ccc(Br)cn2)c(C#N)c(C)n1. The van der Waals surface area contributed by atoms with Crippen molar-refractivity contribution in [3.05, 3.63) is 45.8 Å². The maximum atomic E-state index is 9.18. The summed E-state index contributed by atoms with van der Waals surface area (Å²) in [6.45, 7) is 3.78. The first-order chi connectivity index (χ1) is 8.60. The zero-order chi connectivity index (χ0) is 13.1. The Hall–Kier alpha value is -1.38. The fourth-order valence-corrected chi connectivity index (χ4v) is 2.77. The quantitative estimate of drug-likeness (QED) is 0.842. The Balaban J connectivity index is 2.40. The molecule has 0 atom stereocenters. The first-order valence-corrected chi connectivity index (χ1v) is 6.89. The highest BCUT2D eigenvalue weighted by Gasteiger charge is 2.10. The van der Waals surface area contributed by atoms with Crippen LogP contribution in [0.25, 0.3) is 0 Å². The molecule has 0 saturated heterocycles. The summed E-state index contributed by atoms with van der Waals surface area (Å²) in [5.74, 6) is 0. The molecule has 0 aliphatic rings. The van der Waals surface area contributed by atoms with Crippen LogP contribution in [0.3, 0.4) is 0 Å². The minimum Gasteiger partial charge on any atom is -0.257 e. The number of hydrogen-bond acceptors (Lipinski definition) is 4. The van der Waals surface area contributed by atoms with Crippen LogP contribution in [0.1, 0.15) is 17.0 Å².